The number of nitrogens with one attached hydrogen (secondary N) is 2. The molecule has 0 saturated carbocycles. The first-order chi connectivity index (χ1) is 11.1. The lowest BCUT2D eigenvalue weighted by Gasteiger charge is -2.07. The Kier molecular flexibility index (Phi) is 5.42. The highest BCUT2D eigenvalue weighted by molar-refractivity contribution is 6.05. The van der Waals surface area contributed by atoms with Crippen molar-refractivity contribution in [2.45, 2.75) is 13.3 Å². The third kappa shape index (κ3) is 4.38. The summed E-state index contributed by atoms with van der Waals surface area (Å²) in [4.78, 5) is 28.1. The quantitative estimate of drug-likeness (QED) is 0.886. The molecule has 0 fully saturated rings. The molecule has 23 heavy (non-hydrogen) atoms. The lowest BCUT2D eigenvalue weighted by atomic mass is 10.2. The lowest BCUT2D eigenvalue weighted by Crippen LogP contribution is -2.25. The maximum absolute atomic E-state index is 12.2. The van der Waals surface area contributed by atoms with E-state index in [-0.39, 0.29) is 17.5 Å². The fourth-order valence-electron chi connectivity index (χ4n) is 1.89. The van der Waals surface area contributed by atoms with Gasteiger partial charge in [-0.3, -0.25) is 14.6 Å². The normalized spacial score (nSPS) is 9.74. The fraction of sp³-hybridized carbons (Fsp3) is 0.176. The third-order valence-corrected chi connectivity index (χ3v) is 3.04. The number of nitriles is 1. The Labute approximate surface area is 134 Å². The van der Waals surface area contributed by atoms with Crippen molar-refractivity contribution in [3.8, 4) is 6.07 Å². The van der Waals surface area contributed by atoms with Crippen LogP contribution >= 0.6 is 0 Å². The molecule has 0 radical (unpaired) electrons. The van der Waals surface area contributed by atoms with Crippen LogP contribution in [0.5, 0.6) is 0 Å². The van der Waals surface area contributed by atoms with Gasteiger partial charge in [0.05, 0.1) is 11.6 Å². The second kappa shape index (κ2) is 7.71. The number of carbonyl (C=O) groups is 2. The molecule has 0 aliphatic rings. The van der Waals surface area contributed by atoms with Crippen LogP contribution in [0.25, 0.3) is 0 Å². The van der Waals surface area contributed by atoms with Crippen LogP contribution < -0.4 is 10.6 Å². The van der Waals surface area contributed by atoms with E-state index >= 15 is 0 Å². The molecule has 1 aromatic carbocycles. The highest BCUT2D eigenvalue weighted by atomic mass is 16.2. The van der Waals surface area contributed by atoms with Crippen LogP contribution in [-0.2, 0) is 0 Å². The Balaban J connectivity index is 2.13. The molecule has 0 atom stereocenters. The van der Waals surface area contributed by atoms with Crippen molar-refractivity contribution in [2.24, 2.45) is 0 Å². The van der Waals surface area contributed by atoms with E-state index < -0.39 is 0 Å². The van der Waals surface area contributed by atoms with Gasteiger partial charge in [0, 0.05) is 24.0 Å². The highest BCUT2D eigenvalue weighted by Gasteiger charge is 2.11. The Morgan fingerprint density at radius 3 is 2.78 bits per heavy atom. The SMILES string of the molecule is CCCNC(=O)c1cc(C(=O)Nc2cccc(C#N)c2)ccn1. The van der Waals surface area contributed by atoms with Gasteiger partial charge in [-0.15, -0.1) is 0 Å². The molecule has 6 nitrogen and oxygen atoms in total. The summed E-state index contributed by atoms with van der Waals surface area (Å²) in [5, 5.41) is 14.3. The number of benzene rings is 1. The Morgan fingerprint density at radius 1 is 1.22 bits per heavy atom. The molecule has 1 heterocycles. The molecule has 2 rings (SSSR count). The summed E-state index contributed by atoms with van der Waals surface area (Å²) < 4.78 is 0. The standard InChI is InChI=1S/C17H16N4O2/c1-2-7-20-17(23)15-10-13(6-8-19-15)16(22)21-14-5-3-4-12(9-14)11-18/h3-6,8-10H,2,7H2,1H3,(H,20,23)(H,21,22). The maximum Gasteiger partial charge on any atom is 0.269 e. The Morgan fingerprint density at radius 2 is 2.04 bits per heavy atom. The molecule has 0 aliphatic heterocycles. The first kappa shape index (κ1) is 16.2. The van der Waals surface area contributed by atoms with Crippen LogP contribution in [0, 0.1) is 11.3 Å². The molecular formula is C17H16N4O2. The van der Waals surface area contributed by atoms with Crippen molar-refractivity contribution in [3.63, 3.8) is 0 Å². The molecule has 0 saturated heterocycles. The van der Waals surface area contributed by atoms with Gasteiger partial charge >= 0.3 is 0 Å². The van der Waals surface area contributed by atoms with Gasteiger partial charge in [-0.2, -0.15) is 5.26 Å². The number of amides is 2. The van der Waals surface area contributed by atoms with Gasteiger partial charge in [-0.25, -0.2) is 0 Å². The molecule has 116 valence electrons. The molecule has 1 aromatic heterocycles. The van der Waals surface area contributed by atoms with E-state index in [0.29, 0.717) is 23.4 Å². The Hall–Kier alpha value is -3.20. The zero-order chi connectivity index (χ0) is 16.7. The molecule has 2 amide bonds. The van der Waals surface area contributed by atoms with Gasteiger partial charge in [0.25, 0.3) is 11.8 Å². The Bertz CT molecular complexity index is 765. The second-order valence-electron chi connectivity index (χ2n) is 4.83. The van der Waals surface area contributed by atoms with E-state index in [9.17, 15) is 9.59 Å². The summed E-state index contributed by atoms with van der Waals surface area (Å²) >= 11 is 0. The fourth-order valence-corrected chi connectivity index (χ4v) is 1.89. The van der Waals surface area contributed by atoms with Gasteiger partial charge in [0.1, 0.15) is 5.69 Å². The average Bonchev–Trinajstić information content (AvgIpc) is 2.59. The van der Waals surface area contributed by atoms with Crippen molar-refractivity contribution >= 4 is 17.5 Å². The molecule has 0 aliphatic carbocycles. The van der Waals surface area contributed by atoms with Gasteiger partial charge in [0.15, 0.2) is 0 Å². The summed E-state index contributed by atoms with van der Waals surface area (Å²) in [5.41, 5.74) is 1.49. The highest BCUT2D eigenvalue weighted by Crippen LogP contribution is 2.12. The molecule has 0 spiro atoms. The minimum Gasteiger partial charge on any atom is -0.351 e. The molecule has 2 N–H and O–H groups in total. The predicted molar refractivity (Wildman–Crippen MR) is 86.0 cm³/mol. The lowest BCUT2D eigenvalue weighted by molar-refractivity contribution is 0.0948. The monoisotopic (exact) mass is 308 g/mol. The summed E-state index contributed by atoms with van der Waals surface area (Å²) in [6.45, 7) is 2.50. The number of nitrogens with zero attached hydrogens (tertiary/aromatic N) is 2. The number of hydrogen-bond acceptors (Lipinski definition) is 4. The van der Waals surface area contributed by atoms with Gasteiger partial charge in [0.2, 0.25) is 0 Å². The number of anilines is 1. The van der Waals surface area contributed by atoms with E-state index in [4.69, 9.17) is 5.26 Å². The van der Waals surface area contributed by atoms with Crippen LogP contribution in [0.15, 0.2) is 42.6 Å². The van der Waals surface area contributed by atoms with Gasteiger partial charge < -0.3 is 10.6 Å². The van der Waals surface area contributed by atoms with Crippen LogP contribution in [0.1, 0.15) is 39.8 Å². The van der Waals surface area contributed by atoms with E-state index in [1.54, 1.807) is 24.3 Å². The van der Waals surface area contributed by atoms with Gasteiger partial charge in [-0.1, -0.05) is 13.0 Å². The van der Waals surface area contributed by atoms with Crippen LogP contribution in [0.4, 0.5) is 5.69 Å². The third-order valence-electron chi connectivity index (χ3n) is 3.04. The largest absolute Gasteiger partial charge is 0.351 e. The molecule has 6 heteroatoms. The van der Waals surface area contributed by atoms with E-state index in [2.05, 4.69) is 15.6 Å². The summed E-state index contributed by atoms with van der Waals surface area (Å²) in [7, 11) is 0. The summed E-state index contributed by atoms with van der Waals surface area (Å²) in [6.07, 6.45) is 2.24. The van der Waals surface area contributed by atoms with Crippen molar-refractivity contribution in [3.05, 3.63) is 59.4 Å². The number of pyridine rings is 1. The zero-order valence-corrected chi connectivity index (χ0v) is 12.7. The van der Waals surface area contributed by atoms with E-state index in [0.717, 1.165) is 6.42 Å². The topological polar surface area (TPSA) is 94.9 Å². The van der Waals surface area contributed by atoms with Crippen molar-refractivity contribution in [2.75, 3.05) is 11.9 Å². The van der Waals surface area contributed by atoms with E-state index in [1.807, 2.05) is 13.0 Å². The number of hydrogen-bond donors (Lipinski definition) is 2. The molecule has 2 aromatic rings. The summed E-state index contributed by atoms with van der Waals surface area (Å²) in [5.74, 6) is -0.681. The minimum absolute atomic E-state index is 0.192. The maximum atomic E-state index is 12.2. The smallest absolute Gasteiger partial charge is 0.269 e. The summed E-state index contributed by atoms with van der Waals surface area (Å²) in [6, 6.07) is 11.6. The van der Waals surface area contributed by atoms with Crippen LogP contribution in [-0.4, -0.2) is 23.3 Å². The number of carbonyl (C=O) groups excluding carboxylic acids is 2. The van der Waals surface area contributed by atoms with Crippen LogP contribution in [0.3, 0.4) is 0 Å². The van der Waals surface area contributed by atoms with Crippen LogP contribution in [0.2, 0.25) is 0 Å². The second-order valence-corrected chi connectivity index (χ2v) is 4.83. The predicted octanol–water partition coefficient (Wildman–Crippen LogP) is 2.35. The number of aromatic nitrogens is 1. The van der Waals surface area contributed by atoms with Crippen molar-refractivity contribution in [1.82, 2.24) is 10.3 Å². The molecule has 0 unspecified atom stereocenters. The van der Waals surface area contributed by atoms with E-state index in [1.165, 1.54) is 18.3 Å². The van der Waals surface area contributed by atoms with Gasteiger partial charge in [-0.05, 0) is 36.8 Å². The number of rotatable bonds is 5. The van der Waals surface area contributed by atoms with Crippen molar-refractivity contribution < 1.29 is 9.59 Å². The first-order valence-electron chi connectivity index (χ1n) is 7.20. The first-order valence-corrected chi connectivity index (χ1v) is 7.20. The molecular weight excluding hydrogens is 292 g/mol. The zero-order valence-electron chi connectivity index (χ0n) is 12.7. The molecule has 0 bridgehead atoms. The van der Waals surface area contributed by atoms with Crippen molar-refractivity contribution in [1.29, 1.82) is 5.26 Å². The average molecular weight is 308 g/mol. The minimum atomic E-state index is -0.368.